The second-order valence-electron chi connectivity index (χ2n) is 5.33. The zero-order valence-electron chi connectivity index (χ0n) is 12.8. The first-order chi connectivity index (χ1) is 11.4. The number of rotatable bonds is 3. The van der Waals surface area contributed by atoms with Crippen LogP contribution in [-0.2, 0) is 19.8 Å². The Hall–Kier alpha value is -2.83. The van der Waals surface area contributed by atoms with Crippen molar-refractivity contribution in [3.63, 3.8) is 0 Å². The first-order valence-corrected chi connectivity index (χ1v) is 7.22. The van der Waals surface area contributed by atoms with E-state index in [1.165, 1.54) is 0 Å². The van der Waals surface area contributed by atoms with Gasteiger partial charge in [-0.1, -0.05) is 12.1 Å². The monoisotopic (exact) mass is 333 g/mol. The first-order valence-electron chi connectivity index (χ1n) is 7.22. The van der Waals surface area contributed by atoms with Crippen molar-refractivity contribution >= 4 is 16.9 Å². The molecule has 0 radical (unpaired) electrons. The minimum Gasteiger partial charge on any atom is -0.345 e. The number of hydrogen-bond acceptors (Lipinski definition) is 2. The Bertz CT molecular complexity index is 882. The highest BCUT2D eigenvalue weighted by atomic mass is 19.4. The molecule has 2 aromatic carbocycles. The van der Waals surface area contributed by atoms with Crippen LogP contribution in [0, 0.1) is 0 Å². The summed E-state index contributed by atoms with van der Waals surface area (Å²) < 4.78 is 39.4. The average molecular weight is 333 g/mol. The lowest BCUT2D eigenvalue weighted by Crippen LogP contribution is -2.24. The Morgan fingerprint density at radius 2 is 1.79 bits per heavy atom. The molecule has 0 saturated carbocycles. The average Bonchev–Trinajstić information content (AvgIpc) is 2.88. The van der Waals surface area contributed by atoms with Crippen LogP contribution in [0.1, 0.15) is 21.7 Å². The maximum Gasteiger partial charge on any atom is 0.416 e. The van der Waals surface area contributed by atoms with Gasteiger partial charge in [0.1, 0.15) is 5.82 Å². The molecule has 124 valence electrons. The van der Waals surface area contributed by atoms with E-state index in [1.807, 2.05) is 35.9 Å². The van der Waals surface area contributed by atoms with Gasteiger partial charge in [-0.2, -0.15) is 13.2 Å². The number of benzene rings is 2. The summed E-state index contributed by atoms with van der Waals surface area (Å²) in [6.45, 7) is 0.186. The molecular weight excluding hydrogens is 319 g/mol. The van der Waals surface area contributed by atoms with Gasteiger partial charge < -0.3 is 9.88 Å². The molecule has 0 unspecified atom stereocenters. The number of aryl methyl sites for hydroxylation is 1. The lowest BCUT2D eigenvalue weighted by atomic mass is 10.1. The van der Waals surface area contributed by atoms with Crippen LogP contribution in [0.3, 0.4) is 0 Å². The topological polar surface area (TPSA) is 46.9 Å². The molecule has 0 atom stereocenters. The van der Waals surface area contributed by atoms with E-state index in [0.717, 1.165) is 35.3 Å². The highest BCUT2D eigenvalue weighted by Crippen LogP contribution is 2.29. The number of amides is 1. The quantitative estimate of drug-likeness (QED) is 0.797. The summed E-state index contributed by atoms with van der Waals surface area (Å²) >= 11 is 0. The maximum atomic E-state index is 12.5. The van der Waals surface area contributed by atoms with Gasteiger partial charge in [0, 0.05) is 12.6 Å². The van der Waals surface area contributed by atoms with E-state index in [-0.39, 0.29) is 12.1 Å². The Morgan fingerprint density at radius 3 is 2.42 bits per heavy atom. The number of para-hydroxylation sites is 2. The summed E-state index contributed by atoms with van der Waals surface area (Å²) in [7, 11) is 1.84. The number of carbonyl (C=O) groups is 1. The molecule has 0 saturated heterocycles. The normalized spacial score (nSPS) is 11.7. The third kappa shape index (κ3) is 3.10. The van der Waals surface area contributed by atoms with E-state index in [4.69, 9.17) is 0 Å². The zero-order chi connectivity index (χ0) is 17.3. The SMILES string of the molecule is Cn1c(CNC(=O)c2ccc(C(F)(F)F)cc2)nc2ccccc21. The predicted octanol–water partition coefficient (Wildman–Crippen LogP) is 3.52. The Morgan fingerprint density at radius 1 is 1.12 bits per heavy atom. The fraction of sp³-hybridized carbons (Fsp3) is 0.176. The first kappa shape index (κ1) is 16.0. The third-order valence-corrected chi connectivity index (χ3v) is 3.76. The summed E-state index contributed by atoms with van der Waals surface area (Å²) in [6.07, 6.45) is -4.41. The molecule has 0 aliphatic heterocycles. The molecule has 0 bridgehead atoms. The van der Waals surface area contributed by atoms with Crippen LogP contribution in [0.15, 0.2) is 48.5 Å². The molecule has 0 aliphatic carbocycles. The van der Waals surface area contributed by atoms with Gasteiger partial charge in [-0.3, -0.25) is 4.79 Å². The Kier molecular flexibility index (Phi) is 4.01. The van der Waals surface area contributed by atoms with Gasteiger partial charge in [0.15, 0.2) is 0 Å². The van der Waals surface area contributed by atoms with Crippen molar-refractivity contribution in [2.24, 2.45) is 7.05 Å². The number of nitrogens with one attached hydrogen (secondary N) is 1. The van der Waals surface area contributed by atoms with Gasteiger partial charge in [0.25, 0.3) is 5.91 Å². The van der Waals surface area contributed by atoms with E-state index in [0.29, 0.717) is 5.82 Å². The largest absolute Gasteiger partial charge is 0.416 e. The van der Waals surface area contributed by atoms with Crippen LogP contribution in [0.25, 0.3) is 11.0 Å². The van der Waals surface area contributed by atoms with Crippen LogP contribution in [0.5, 0.6) is 0 Å². The standard InChI is InChI=1S/C17H14F3N3O/c1-23-14-5-3-2-4-13(14)22-15(23)10-21-16(24)11-6-8-12(9-7-11)17(18,19)20/h2-9H,10H2,1H3,(H,21,24). The summed E-state index contributed by atoms with van der Waals surface area (Å²) in [5, 5.41) is 2.67. The molecule has 1 aromatic heterocycles. The van der Waals surface area contributed by atoms with Crippen LogP contribution < -0.4 is 5.32 Å². The number of nitrogens with zero attached hydrogens (tertiary/aromatic N) is 2. The van der Waals surface area contributed by atoms with E-state index in [9.17, 15) is 18.0 Å². The van der Waals surface area contributed by atoms with Crippen molar-refractivity contribution in [3.05, 3.63) is 65.5 Å². The number of aromatic nitrogens is 2. The highest BCUT2D eigenvalue weighted by molar-refractivity contribution is 5.94. The Balaban J connectivity index is 1.72. The number of halogens is 3. The van der Waals surface area contributed by atoms with Crippen LogP contribution in [0.4, 0.5) is 13.2 Å². The minimum absolute atomic E-state index is 0.168. The smallest absolute Gasteiger partial charge is 0.345 e. The van der Waals surface area contributed by atoms with E-state index in [1.54, 1.807) is 0 Å². The summed E-state index contributed by atoms with van der Waals surface area (Å²) in [5.74, 6) is 0.215. The summed E-state index contributed by atoms with van der Waals surface area (Å²) in [4.78, 5) is 16.5. The highest BCUT2D eigenvalue weighted by Gasteiger charge is 2.30. The van der Waals surface area contributed by atoms with E-state index < -0.39 is 17.6 Å². The fourth-order valence-corrected chi connectivity index (χ4v) is 2.43. The molecule has 3 aromatic rings. The predicted molar refractivity (Wildman–Crippen MR) is 83.3 cm³/mol. The van der Waals surface area contributed by atoms with Gasteiger partial charge in [-0.25, -0.2) is 4.98 Å². The molecule has 3 rings (SSSR count). The number of hydrogen-bond donors (Lipinski definition) is 1. The zero-order valence-corrected chi connectivity index (χ0v) is 12.8. The fourth-order valence-electron chi connectivity index (χ4n) is 2.43. The molecular formula is C17H14F3N3O. The lowest BCUT2D eigenvalue weighted by molar-refractivity contribution is -0.137. The molecule has 1 heterocycles. The minimum atomic E-state index is -4.41. The molecule has 1 N–H and O–H groups in total. The molecule has 1 amide bonds. The Labute approximate surface area is 135 Å². The van der Waals surface area contributed by atoms with Crippen molar-refractivity contribution in [3.8, 4) is 0 Å². The van der Waals surface area contributed by atoms with Crippen LogP contribution in [-0.4, -0.2) is 15.5 Å². The van der Waals surface area contributed by atoms with E-state index >= 15 is 0 Å². The third-order valence-electron chi connectivity index (χ3n) is 3.76. The maximum absolute atomic E-state index is 12.5. The van der Waals surface area contributed by atoms with Crippen molar-refractivity contribution in [1.29, 1.82) is 0 Å². The van der Waals surface area contributed by atoms with Gasteiger partial charge in [0.2, 0.25) is 0 Å². The van der Waals surface area contributed by atoms with Gasteiger partial charge in [0.05, 0.1) is 23.1 Å². The molecule has 0 spiro atoms. The number of alkyl halides is 3. The van der Waals surface area contributed by atoms with Crippen LogP contribution >= 0.6 is 0 Å². The van der Waals surface area contributed by atoms with Crippen LogP contribution in [0.2, 0.25) is 0 Å². The van der Waals surface area contributed by atoms with Crippen molar-refractivity contribution in [1.82, 2.24) is 14.9 Å². The molecule has 0 aliphatic rings. The van der Waals surface area contributed by atoms with Gasteiger partial charge in [-0.05, 0) is 36.4 Å². The van der Waals surface area contributed by atoms with Crippen molar-refractivity contribution < 1.29 is 18.0 Å². The van der Waals surface area contributed by atoms with Crippen molar-refractivity contribution in [2.75, 3.05) is 0 Å². The lowest BCUT2D eigenvalue weighted by Gasteiger charge is -2.08. The van der Waals surface area contributed by atoms with Crippen molar-refractivity contribution in [2.45, 2.75) is 12.7 Å². The second-order valence-corrected chi connectivity index (χ2v) is 5.33. The van der Waals surface area contributed by atoms with Gasteiger partial charge in [-0.15, -0.1) is 0 Å². The number of fused-ring (bicyclic) bond motifs is 1. The second kappa shape index (κ2) is 5.99. The summed E-state index contributed by atoms with van der Waals surface area (Å²) in [6, 6.07) is 11.7. The number of carbonyl (C=O) groups excluding carboxylic acids is 1. The number of imidazole rings is 1. The van der Waals surface area contributed by atoms with Gasteiger partial charge >= 0.3 is 6.18 Å². The summed E-state index contributed by atoms with van der Waals surface area (Å²) in [5.41, 5.74) is 1.14. The molecule has 4 nitrogen and oxygen atoms in total. The molecule has 24 heavy (non-hydrogen) atoms. The van der Waals surface area contributed by atoms with E-state index in [2.05, 4.69) is 10.3 Å². The molecule has 7 heteroatoms. The molecule has 0 fully saturated rings.